The number of hydrogen-bond donors (Lipinski definition) is 1. The Balaban J connectivity index is 1.87. The summed E-state index contributed by atoms with van der Waals surface area (Å²) in [6, 6.07) is 9.09. The molecule has 0 amide bonds. The first-order valence-corrected chi connectivity index (χ1v) is 7.63. The number of benzene rings is 1. The van der Waals surface area contributed by atoms with Gasteiger partial charge in [0.1, 0.15) is 5.69 Å². The number of ketones is 1. The number of hydrogen-bond acceptors (Lipinski definition) is 6. The predicted molar refractivity (Wildman–Crippen MR) is 87.6 cm³/mol. The van der Waals surface area contributed by atoms with Gasteiger partial charge in [0.05, 0.1) is 10.7 Å². The van der Waals surface area contributed by atoms with Gasteiger partial charge in [-0.1, -0.05) is 12.1 Å². The molecule has 3 rings (SSSR count). The zero-order valence-corrected chi connectivity index (χ0v) is 13.0. The number of nitrogens with zero attached hydrogens (tertiary/aromatic N) is 3. The summed E-state index contributed by atoms with van der Waals surface area (Å²) in [4.78, 5) is 24.5. The molecule has 6 heteroatoms. The number of nitrogens with one attached hydrogen (secondary N) is 1. The third-order valence-corrected chi connectivity index (χ3v) is 3.84. The maximum atomic E-state index is 11.4. The highest BCUT2D eigenvalue weighted by Gasteiger charge is 2.06. The van der Waals surface area contributed by atoms with Gasteiger partial charge in [-0.3, -0.25) is 4.79 Å². The number of carbonyl (C=O) groups excluding carboxylic acids is 1. The van der Waals surface area contributed by atoms with Crippen LogP contribution in [-0.2, 0) is 0 Å². The summed E-state index contributed by atoms with van der Waals surface area (Å²) >= 11 is 1.58. The van der Waals surface area contributed by atoms with Crippen LogP contribution < -0.4 is 5.32 Å². The third kappa shape index (κ3) is 3.17. The maximum Gasteiger partial charge on any atom is 0.227 e. The van der Waals surface area contributed by atoms with E-state index in [-0.39, 0.29) is 5.78 Å². The Hall–Kier alpha value is -2.60. The molecule has 0 unspecified atom stereocenters. The van der Waals surface area contributed by atoms with E-state index in [4.69, 9.17) is 0 Å². The van der Waals surface area contributed by atoms with Crippen LogP contribution in [0.4, 0.5) is 11.6 Å². The monoisotopic (exact) mass is 310 g/mol. The molecule has 3 aromatic rings. The fourth-order valence-electron chi connectivity index (χ4n) is 1.99. The van der Waals surface area contributed by atoms with Crippen molar-refractivity contribution in [3.8, 4) is 11.4 Å². The standard InChI is InChI=1S/C16H14N4OS/c1-10(21)12-4-3-5-13(8-12)19-16-17-7-6-14(20-16)15-9-22-11(2)18-15/h3-9H,1-2H3,(H,17,19,20). The van der Waals surface area contributed by atoms with Crippen molar-refractivity contribution in [3.05, 3.63) is 52.5 Å². The minimum Gasteiger partial charge on any atom is -0.324 e. The first kappa shape index (κ1) is 14.3. The van der Waals surface area contributed by atoms with Gasteiger partial charge in [0, 0.05) is 22.8 Å². The molecule has 0 saturated carbocycles. The minimum atomic E-state index is 0.0243. The zero-order valence-electron chi connectivity index (χ0n) is 12.2. The van der Waals surface area contributed by atoms with Crippen LogP contribution in [0, 0.1) is 6.92 Å². The molecule has 0 spiro atoms. The van der Waals surface area contributed by atoms with Crippen molar-refractivity contribution in [1.82, 2.24) is 15.0 Å². The second-order valence-electron chi connectivity index (χ2n) is 4.78. The number of rotatable bonds is 4. The van der Waals surface area contributed by atoms with Gasteiger partial charge in [-0.2, -0.15) is 0 Å². The van der Waals surface area contributed by atoms with Crippen LogP contribution in [0.2, 0.25) is 0 Å². The fourth-order valence-corrected chi connectivity index (χ4v) is 2.59. The molecule has 1 N–H and O–H groups in total. The molecule has 22 heavy (non-hydrogen) atoms. The van der Waals surface area contributed by atoms with Gasteiger partial charge in [0.2, 0.25) is 5.95 Å². The van der Waals surface area contributed by atoms with Crippen molar-refractivity contribution in [3.63, 3.8) is 0 Å². The molecule has 5 nitrogen and oxygen atoms in total. The van der Waals surface area contributed by atoms with Crippen LogP contribution in [-0.4, -0.2) is 20.7 Å². The lowest BCUT2D eigenvalue weighted by molar-refractivity contribution is 0.101. The van der Waals surface area contributed by atoms with Crippen LogP contribution >= 0.6 is 11.3 Å². The van der Waals surface area contributed by atoms with E-state index < -0.39 is 0 Å². The summed E-state index contributed by atoms with van der Waals surface area (Å²) in [6.07, 6.45) is 1.69. The molecule has 2 heterocycles. The Kier molecular flexibility index (Phi) is 3.93. The second-order valence-corrected chi connectivity index (χ2v) is 5.84. The molecule has 0 aliphatic heterocycles. The van der Waals surface area contributed by atoms with E-state index in [1.807, 2.05) is 30.5 Å². The van der Waals surface area contributed by atoms with Crippen molar-refractivity contribution < 1.29 is 4.79 Å². The van der Waals surface area contributed by atoms with Gasteiger partial charge in [-0.25, -0.2) is 15.0 Å². The zero-order chi connectivity index (χ0) is 15.5. The summed E-state index contributed by atoms with van der Waals surface area (Å²) in [5.74, 6) is 0.500. The lowest BCUT2D eigenvalue weighted by atomic mass is 10.1. The molecular formula is C16H14N4OS. The molecule has 2 aromatic heterocycles. The highest BCUT2D eigenvalue weighted by Crippen LogP contribution is 2.21. The van der Waals surface area contributed by atoms with Crippen LogP contribution in [0.15, 0.2) is 41.9 Å². The Morgan fingerprint density at radius 3 is 2.77 bits per heavy atom. The summed E-state index contributed by atoms with van der Waals surface area (Å²) in [5, 5.41) is 6.08. The van der Waals surface area contributed by atoms with Gasteiger partial charge >= 0.3 is 0 Å². The van der Waals surface area contributed by atoms with E-state index in [2.05, 4.69) is 20.3 Å². The van der Waals surface area contributed by atoms with Crippen LogP contribution in [0.5, 0.6) is 0 Å². The average Bonchev–Trinajstić information content (AvgIpc) is 2.94. The molecular weight excluding hydrogens is 296 g/mol. The van der Waals surface area contributed by atoms with E-state index in [1.54, 1.807) is 36.6 Å². The molecule has 0 aliphatic rings. The van der Waals surface area contributed by atoms with Crippen LogP contribution in [0.25, 0.3) is 11.4 Å². The predicted octanol–water partition coefficient (Wildman–Crippen LogP) is 3.85. The smallest absolute Gasteiger partial charge is 0.227 e. The van der Waals surface area contributed by atoms with Crippen LogP contribution in [0.1, 0.15) is 22.3 Å². The van der Waals surface area contributed by atoms with Gasteiger partial charge in [0.15, 0.2) is 5.78 Å². The molecule has 0 radical (unpaired) electrons. The lowest BCUT2D eigenvalue weighted by Gasteiger charge is -2.06. The largest absolute Gasteiger partial charge is 0.324 e. The number of aromatic nitrogens is 3. The van der Waals surface area contributed by atoms with Gasteiger partial charge in [-0.05, 0) is 32.0 Å². The van der Waals surface area contributed by atoms with Crippen molar-refractivity contribution in [2.24, 2.45) is 0 Å². The Bertz CT molecular complexity index is 828. The topological polar surface area (TPSA) is 67.8 Å². The number of carbonyl (C=O) groups is 1. The number of aryl methyl sites for hydroxylation is 1. The Morgan fingerprint density at radius 1 is 1.18 bits per heavy atom. The summed E-state index contributed by atoms with van der Waals surface area (Å²) in [5.41, 5.74) is 3.03. The summed E-state index contributed by atoms with van der Waals surface area (Å²) < 4.78 is 0. The van der Waals surface area contributed by atoms with Crippen molar-refractivity contribution in [2.75, 3.05) is 5.32 Å². The highest BCUT2D eigenvalue weighted by molar-refractivity contribution is 7.09. The van der Waals surface area contributed by atoms with E-state index in [0.717, 1.165) is 22.1 Å². The van der Waals surface area contributed by atoms with Crippen molar-refractivity contribution in [2.45, 2.75) is 13.8 Å². The second kappa shape index (κ2) is 6.03. The quantitative estimate of drug-likeness (QED) is 0.741. The average molecular weight is 310 g/mol. The maximum absolute atomic E-state index is 11.4. The summed E-state index contributed by atoms with van der Waals surface area (Å²) in [6.45, 7) is 3.50. The first-order chi connectivity index (χ1) is 10.6. The molecule has 1 aromatic carbocycles. The molecule has 0 fully saturated rings. The van der Waals surface area contributed by atoms with Crippen LogP contribution in [0.3, 0.4) is 0 Å². The lowest BCUT2D eigenvalue weighted by Crippen LogP contribution is -1.99. The Labute approximate surface area is 132 Å². The first-order valence-electron chi connectivity index (χ1n) is 6.75. The number of Topliss-reactive ketones (excluding diaryl/α,β-unsaturated/α-hetero) is 1. The number of anilines is 2. The third-order valence-electron chi connectivity index (χ3n) is 3.06. The van der Waals surface area contributed by atoms with Gasteiger partial charge in [-0.15, -0.1) is 11.3 Å². The van der Waals surface area contributed by atoms with E-state index in [0.29, 0.717) is 11.5 Å². The molecule has 110 valence electrons. The van der Waals surface area contributed by atoms with Crippen molar-refractivity contribution in [1.29, 1.82) is 0 Å². The highest BCUT2D eigenvalue weighted by atomic mass is 32.1. The van der Waals surface area contributed by atoms with E-state index >= 15 is 0 Å². The molecule has 0 atom stereocenters. The fraction of sp³-hybridized carbons (Fsp3) is 0.125. The molecule has 0 saturated heterocycles. The summed E-state index contributed by atoms with van der Waals surface area (Å²) in [7, 11) is 0. The Morgan fingerprint density at radius 2 is 2.05 bits per heavy atom. The molecule has 0 aliphatic carbocycles. The van der Waals surface area contributed by atoms with Gasteiger partial charge in [0.25, 0.3) is 0 Å². The molecule has 0 bridgehead atoms. The van der Waals surface area contributed by atoms with Crippen molar-refractivity contribution >= 4 is 28.8 Å². The SMILES string of the molecule is CC(=O)c1cccc(Nc2nccc(-c3csc(C)n3)n2)c1. The minimum absolute atomic E-state index is 0.0243. The van der Waals surface area contributed by atoms with Gasteiger partial charge < -0.3 is 5.32 Å². The van der Waals surface area contributed by atoms with E-state index in [1.165, 1.54) is 0 Å². The van der Waals surface area contributed by atoms with E-state index in [9.17, 15) is 4.79 Å². The number of thiazole rings is 1. The normalized spacial score (nSPS) is 10.5.